The van der Waals surface area contributed by atoms with Crippen LogP contribution in [0.25, 0.3) is 0 Å². The number of hydrogen-bond donors (Lipinski definition) is 9. The topological polar surface area (TPSA) is 199 Å². The van der Waals surface area contributed by atoms with Gasteiger partial charge in [-0.05, 0) is 0 Å². The Morgan fingerprint density at radius 1 is 0.765 bits per heavy atom. The molecule has 0 saturated heterocycles. The molecular formula is C6H17O10P. The Hall–Kier alpha value is -0.130. The lowest BCUT2D eigenvalue weighted by Crippen LogP contribution is -2.46. The van der Waals surface area contributed by atoms with Gasteiger partial charge in [0.05, 0.1) is 13.2 Å². The van der Waals surface area contributed by atoms with Crippen molar-refractivity contribution in [2.45, 2.75) is 24.4 Å². The van der Waals surface area contributed by atoms with Gasteiger partial charge in [-0.15, -0.1) is 0 Å². The zero-order valence-electron chi connectivity index (χ0n) is 8.60. The van der Waals surface area contributed by atoms with Crippen molar-refractivity contribution in [1.82, 2.24) is 0 Å². The summed E-state index contributed by atoms with van der Waals surface area (Å²) in [7, 11) is -4.64. The third-order valence-electron chi connectivity index (χ3n) is 1.51. The lowest BCUT2D eigenvalue weighted by molar-refractivity contribution is -0.123. The monoisotopic (exact) mass is 280 g/mol. The molecule has 11 heteroatoms. The Morgan fingerprint density at radius 3 is 1.06 bits per heavy atom. The van der Waals surface area contributed by atoms with E-state index >= 15 is 0 Å². The molecule has 0 heterocycles. The SMILES string of the molecule is O=P(O)(O)O.OC[C@@H](O)[C@@H](O)[C@H](O)[C@H](O)CO. The minimum Gasteiger partial charge on any atom is -0.394 e. The molecule has 17 heavy (non-hydrogen) atoms. The average molecular weight is 280 g/mol. The first kappa shape index (κ1) is 19.2. The fraction of sp³-hybridized carbons (Fsp3) is 1.00. The van der Waals surface area contributed by atoms with Crippen molar-refractivity contribution in [3.63, 3.8) is 0 Å². The molecule has 0 aromatic carbocycles. The van der Waals surface area contributed by atoms with E-state index in [-0.39, 0.29) is 0 Å². The Labute approximate surface area is 96.3 Å². The van der Waals surface area contributed by atoms with E-state index in [2.05, 4.69) is 0 Å². The molecule has 0 aliphatic heterocycles. The molecular weight excluding hydrogens is 263 g/mol. The first-order valence-electron chi connectivity index (χ1n) is 4.26. The van der Waals surface area contributed by atoms with Crippen LogP contribution in [0.15, 0.2) is 0 Å². The van der Waals surface area contributed by atoms with E-state index in [4.69, 9.17) is 49.9 Å². The average Bonchev–Trinajstić information content (AvgIpc) is 2.22. The Kier molecular flexibility index (Phi) is 10.0. The second-order valence-electron chi connectivity index (χ2n) is 2.99. The van der Waals surface area contributed by atoms with Gasteiger partial charge in [-0.3, -0.25) is 0 Å². The van der Waals surface area contributed by atoms with Crippen LogP contribution in [-0.2, 0) is 4.57 Å². The van der Waals surface area contributed by atoms with Crippen molar-refractivity contribution in [2.75, 3.05) is 13.2 Å². The Morgan fingerprint density at radius 2 is 0.941 bits per heavy atom. The summed E-state index contributed by atoms with van der Waals surface area (Å²) in [4.78, 5) is 21.6. The zero-order chi connectivity index (χ0) is 14.2. The predicted octanol–water partition coefficient (Wildman–Crippen LogP) is -4.51. The van der Waals surface area contributed by atoms with Crippen molar-refractivity contribution in [1.29, 1.82) is 0 Å². The van der Waals surface area contributed by atoms with E-state index in [1.165, 1.54) is 0 Å². The van der Waals surface area contributed by atoms with Crippen molar-refractivity contribution in [3.8, 4) is 0 Å². The van der Waals surface area contributed by atoms with Crippen LogP contribution in [-0.4, -0.2) is 82.9 Å². The van der Waals surface area contributed by atoms with E-state index in [9.17, 15) is 0 Å². The maximum absolute atomic E-state index is 8.96. The van der Waals surface area contributed by atoms with Gasteiger partial charge < -0.3 is 45.3 Å². The van der Waals surface area contributed by atoms with E-state index in [1.807, 2.05) is 0 Å². The standard InChI is InChI=1S/C6H14O6.H3O4P/c7-1-3(9)5(11)6(12)4(10)2-8;1-5(2,3)4/h3-12H,1-2H2;(H3,1,2,3,4)/t3-,4-,5-,6-;/m1./s1. The highest BCUT2D eigenvalue weighted by atomic mass is 31.2. The van der Waals surface area contributed by atoms with E-state index in [0.29, 0.717) is 0 Å². The summed E-state index contributed by atoms with van der Waals surface area (Å²) in [6.45, 7) is -1.45. The Bertz CT molecular complexity index is 207. The highest BCUT2D eigenvalue weighted by Gasteiger charge is 2.29. The minimum atomic E-state index is -4.64. The van der Waals surface area contributed by atoms with Gasteiger partial charge >= 0.3 is 7.82 Å². The second-order valence-corrected chi connectivity index (χ2v) is 4.02. The molecule has 9 N–H and O–H groups in total. The molecule has 0 spiro atoms. The lowest BCUT2D eigenvalue weighted by Gasteiger charge is -2.24. The van der Waals surface area contributed by atoms with Crippen LogP contribution < -0.4 is 0 Å². The fourth-order valence-electron chi connectivity index (χ4n) is 0.671. The minimum absolute atomic E-state index is 0.726. The summed E-state index contributed by atoms with van der Waals surface area (Å²) in [5.74, 6) is 0. The van der Waals surface area contributed by atoms with Crippen LogP contribution in [0.5, 0.6) is 0 Å². The van der Waals surface area contributed by atoms with E-state index in [0.717, 1.165) is 0 Å². The number of aliphatic hydroxyl groups is 6. The van der Waals surface area contributed by atoms with Gasteiger partial charge in [0.1, 0.15) is 24.4 Å². The fourth-order valence-corrected chi connectivity index (χ4v) is 0.671. The predicted molar refractivity (Wildman–Crippen MR) is 52.5 cm³/mol. The first-order valence-corrected chi connectivity index (χ1v) is 5.83. The molecule has 0 aliphatic carbocycles. The van der Waals surface area contributed by atoms with Gasteiger partial charge in [0, 0.05) is 0 Å². The maximum atomic E-state index is 8.96. The van der Waals surface area contributed by atoms with Crippen molar-refractivity contribution in [3.05, 3.63) is 0 Å². The van der Waals surface area contributed by atoms with E-state index < -0.39 is 45.5 Å². The molecule has 10 nitrogen and oxygen atoms in total. The molecule has 0 amide bonds. The number of hydrogen-bond acceptors (Lipinski definition) is 7. The van der Waals surface area contributed by atoms with Crippen molar-refractivity contribution < 1.29 is 49.9 Å². The molecule has 4 atom stereocenters. The quantitative estimate of drug-likeness (QED) is 0.221. The first-order chi connectivity index (χ1) is 7.54. The zero-order valence-corrected chi connectivity index (χ0v) is 9.50. The summed E-state index contributed by atoms with van der Waals surface area (Å²) < 4.78 is 8.88. The van der Waals surface area contributed by atoms with Gasteiger partial charge in [-0.1, -0.05) is 0 Å². The molecule has 0 bridgehead atoms. The molecule has 0 aromatic heterocycles. The van der Waals surface area contributed by atoms with Crippen LogP contribution in [0.1, 0.15) is 0 Å². The van der Waals surface area contributed by atoms with Crippen molar-refractivity contribution in [2.24, 2.45) is 0 Å². The van der Waals surface area contributed by atoms with E-state index in [1.54, 1.807) is 0 Å². The summed E-state index contributed by atoms with van der Waals surface area (Å²) in [6, 6.07) is 0. The summed E-state index contributed by atoms with van der Waals surface area (Å²) in [5, 5.41) is 52.2. The molecule has 0 unspecified atom stereocenters. The van der Waals surface area contributed by atoms with Crippen LogP contribution in [0, 0.1) is 0 Å². The third kappa shape index (κ3) is 12.1. The summed E-state index contributed by atoms with van der Waals surface area (Å²) in [5.41, 5.74) is 0. The number of phosphoric acid groups is 1. The summed E-state index contributed by atoms with van der Waals surface area (Å²) in [6.07, 6.45) is -6.39. The molecule has 0 aromatic rings. The lowest BCUT2D eigenvalue weighted by atomic mass is 10.0. The molecule has 0 rings (SSSR count). The van der Waals surface area contributed by atoms with Crippen molar-refractivity contribution >= 4 is 7.82 Å². The Balaban J connectivity index is 0. The van der Waals surface area contributed by atoms with Gasteiger partial charge in [-0.2, -0.15) is 0 Å². The molecule has 106 valence electrons. The summed E-state index contributed by atoms with van der Waals surface area (Å²) >= 11 is 0. The van der Waals surface area contributed by atoms with Crippen LogP contribution in [0.4, 0.5) is 0 Å². The highest BCUT2D eigenvalue weighted by molar-refractivity contribution is 7.45. The smallest absolute Gasteiger partial charge is 0.394 e. The third-order valence-corrected chi connectivity index (χ3v) is 1.51. The van der Waals surface area contributed by atoms with Gasteiger partial charge in [0.25, 0.3) is 0 Å². The normalized spacial score (nSPS) is 18.6. The largest absolute Gasteiger partial charge is 0.466 e. The molecule has 0 saturated carbocycles. The van der Waals surface area contributed by atoms with Crippen LogP contribution >= 0.6 is 7.82 Å². The molecule has 0 aliphatic rings. The molecule has 0 radical (unpaired) electrons. The number of rotatable bonds is 5. The van der Waals surface area contributed by atoms with Crippen LogP contribution in [0.3, 0.4) is 0 Å². The molecule has 0 fully saturated rings. The van der Waals surface area contributed by atoms with Crippen LogP contribution in [0.2, 0.25) is 0 Å². The maximum Gasteiger partial charge on any atom is 0.466 e. The highest BCUT2D eigenvalue weighted by Crippen LogP contribution is 2.25. The number of aliphatic hydroxyl groups excluding tert-OH is 6. The second kappa shape index (κ2) is 8.89. The van der Waals surface area contributed by atoms with Gasteiger partial charge in [0.2, 0.25) is 0 Å². The van der Waals surface area contributed by atoms with Gasteiger partial charge in [0.15, 0.2) is 0 Å². The van der Waals surface area contributed by atoms with Gasteiger partial charge in [-0.25, -0.2) is 4.57 Å².